The molecule has 0 fully saturated rings. The molecule has 0 heterocycles. The maximum absolute atomic E-state index is 11.9. The molecule has 23 heavy (non-hydrogen) atoms. The fourth-order valence-electron chi connectivity index (χ4n) is 3.08. The van der Waals surface area contributed by atoms with Crippen LogP contribution in [0.5, 0.6) is 0 Å². The van der Waals surface area contributed by atoms with Gasteiger partial charge in [0.1, 0.15) is 0 Å². The number of Topliss-reactive ketones (excluding diaryl/α,β-unsaturated/α-hetero) is 1. The molecule has 0 bridgehead atoms. The summed E-state index contributed by atoms with van der Waals surface area (Å²) >= 11 is 0. The van der Waals surface area contributed by atoms with Crippen LogP contribution in [0.1, 0.15) is 49.9 Å². The van der Waals surface area contributed by atoms with Crippen molar-refractivity contribution in [1.82, 2.24) is 0 Å². The molecule has 2 rings (SSSR count). The van der Waals surface area contributed by atoms with Gasteiger partial charge in [0.05, 0.1) is 5.56 Å². The summed E-state index contributed by atoms with van der Waals surface area (Å²) < 4.78 is 0. The molecule has 2 aromatic carbocycles. The Kier molecular flexibility index (Phi) is 4.84. The van der Waals surface area contributed by atoms with Crippen LogP contribution in [0, 0.1) is 20.8 Å². The van der Waals surface area contributed by atoms with Gasteiger partial charge in [-0.05, 0) is 62.1 Å². The van der Waals surface area contributed by atoms with Gasteiger partial charge in [-0.2, -0.15) is 0 Å². The quantitative estimate of drug-likeness (QED) is 0.830. The summed E-state index contributed by atoms with van der Waals surface area (Å²) in [7, 11) is 0. The molecule has 0 spiro atoms. The molecule has 0 atom stereocenters. The largest absolute Gasteiger partial charge is 0.380 e. The van der Waals surface area contributed by atoms with Crippen molar-refractivity contribution < 1.29 is 9.59 Å². The minimum Gasteiger partial charge on any atom is -0.380 e. The van der Waals surface area contributed by atoms with Crippen LogP contribution in [0.25, 0.3) is 0 Å². The first-order valence-electron chi connectivity index (χ1n) is 7.56. The molecule has 0 aromatic heterocycles. The summed E-state index contributed by atoms with van der Waals surface area (Å²) in [5.74, 6) is -0.395. The van der Waals surface area contributed by atoms with Gasteiger partial charge >= 0.3 is 0 Å². The van der Waals surface area contributed by atoms with Crippen molar-refractivity contribution in [3.63, 3.8) is 0 Å². The summed E-state index contributed by atoms with van der Waals surface area (Å²) in [6.45, 7) is 8.07. The monoisotopic (exact) mass is 310 g/mol. The number of hydrogen-bond donors (Lipinski definition) is 2. The van der Waals surface area contributed by atoms with E-state index in [0.717, 1.165) is 27.8 Å². The fraction of sp³-hybridized carbons (Fsp3) is 0.263. The lowest BCUT2D eigenvalue weighted by Gasteiger charge is -2.17. The zero-order valence-corrected chi connectivity index (χ0v) is 14.0. The van der Waals surface area contributed by atoms with Crippen molar-refractivity contribution in [2.75, 3.05) is 5.32 Å². The molecule has 4 nitrogen and oxygen atoms in total. The van der Waals surface area contributed by atoms with Crippen LogP contribution in [0.15, 0.2) is 30.3 Å². The Labute approximate surface area is 136 Å². The van der Waals surface area contributed by atoms with E-state index >= 15 is 0 Å². The highest BCUT2D eigenvalue weighted by atomic mass is 16.1. The number of hydrogen-bond acceptors (Lipinski definition) is 3. The number of nitrogens with one attached hydrogen (secondary N) is 1. The van der Waals surface area contributed by atoms with Gasteiger partial charge in [0.2, 0.25) is 0 Å². The molecular weight excluding hydrogens is 288 g/mol. The molecule has 0 saturated heterocycles. The Bertz CT molecular complexity index is 779. The van der Waals surface area contributed by atoms with E-state index in [0.29, 0.717) is 17.8 Å². The van der Waals surface area contributed by atoms with Crippen molar-refractivity contribution >= 4 is 17.4 Å². The van der Waals surface area contributed by atoms with Crippen LogP contribution >= 0.6 is 0 Å². The first kappa shape index (κ1) is 16.7. The second-order valence-corrected chi connectivity index (χ2v) is 5.81. The van der Waals surface area contributed by atoms with Crippen molar-refractivity contribution in [3.8, 4) is 0 Å². The zero-order valence-electron chi connectivity index (χ0n) is 14.0. The van der Waals surface area contributed by atoms with Gasteiger partial charge < -0.3 is 11.1 Å². The average Bonchev–Trinajstić information content (AvgIpc) is 2.46. The first-order chi connectivity index (χ1) is 10.8. The van der Waals surface area contributed by atoms with Gasteiger partial charge in [-0.1, -0.05) is 18.2 Å². The second kappa shape index (κ2) is 6.65. The third-order valence-electron chi connectivity index (χ3n) is 4.13. The predicted molar refractivity (Wildman–Crippen MR) is 92.9 cm³/mol. The lowest BCUT2D eigenvalue weighted by molar-refractivity contribution is 0.0996. The lowest BCUT2D eigenvalue weighted by atomic mass is 9.91. The Morgan fingerprint density at radius 2 is 1.74 bits per heavy atom. The summed E-state index contributed by atoms with van der Waals surface area (Å²) in [5, 5.41) is 3.27. The van der Waals surface area contributed by atoms with E-state index in [1.807, 2.05) is 39.0 Å². The van der Waals surface area contributed by atoms with Gasteiger partial charge in [0.15, 0.2) is 5.78 Å². The van der Waals surface area contributed by atoms with Crippen LogP contribution in [-0.4, -0.2) is 11.7 Å². The highest BCUT2D eigenvalue weighted by Gasteiger charge is 2.15. The second-order valence-electron chi connectivity index (χ2n) is 5.81. The Hall–Kier alpha value is -2.62. The molecule has 0 aliphatic heterocycles. The number of rotatable bonds is 5. The maximum Gasteiger partial charge on any atom is 0.250 e. The normalized spacial score (nSPS) is 10.4. The summed E-state index contributed by atoms with van der Waals surface area (Å²) in [6, 6.07) is 9.18. The van der Waals surface area contributed by atoms with Gasteiger partial charge in [0.25, 0.3) is 5.91 Å². The number of aryl methyl sites for hydroxylation is 2. The molecule has 0 aliphatic carbocycles. The predicted octanol–water partition coefficient (Wildman–Crippen LogP) is 3.53. The van der Waals surface area contributed by atoms with Crippen LogP contribution in [0.3, 0.4) is 0 Å². The maximum atomic E-state index is 11.9. The number of para-hydroxylation sites is 1. The number of carbonyl (C=O) groups is 2. The molecule has 3 N–H and O–H groups in total. The fourth-order valence-corrected chi connectivity index (χ4v) is 3.08. The molecule has 0 unspecified atom stereocenters. The highest BCUT2D eigenvalue weighted by molar-refractivity contribution is 5.98. The smallest absolute Gasteiger partial charge is 0.250 e. The molecule has 0 saturated carbocycles. The molecular formula is C19H22N2O2. The topological polar surface area (TPSA) is 72.2 Å². The minimum atomic E-state index is -0.463. The molecule has 0 radical (unpaired) electrons. The highest BCUT2D eigenvalue weighted by Crippen LogP contribution is 2.24. The van der Waals surface area contributed by atoms with E-state index in [1.165, 1.54) is 0 Å². The van der Waals surface area contributed by atoms with E-state index in [-0.39, 0.29) is 5.78 Å². The molecule has 120 valence electrons. The zero-order chi connectivity index (χ0) is 17.1. The Balaban J connectivity index is 2.37. The van der Waals surface area contributed by atoms with Crippen LogP contribution < -0.4 is 11.1 Å². The lowest BCUT2D eigenvalue weighted by Crippen LogP contribution is -2.15. The first-order valence-corrected chi connectivity index (χ1v) is 7.56. The van der Waals surface area contributed by atoms with E-state index in [1.54, 1.807) is 19.1 Å². The van der Waals surface area contributed by atoms with Crippen molar-refractivity contribution in [1.29, 1.82) is 0 Å². The van der Waals surface area contributed by atoms with Gasteiger partial charge in [-0.25, -0.2) is 0 Å². The SMILES string of the molecule is CC(=O)c1c(C)cc(C)c(CNc2ccccc2C(N)=O)c1C. The number of carbonyl (C=O) groups excluding carboxylic acids is 2. The molecule has 2 aromatic rings. The van der Waals surface area contributed by atoms with E-state index in [9.17, 15) is 9.59 Å². The third kappa shape index (κ3) is 3.42. The third-order valence-corrected chi connectivity index (χ3v) is 4.13. The standard InChI is InChI=1S/C19H22N2O2/c1-11-9-12(2)18(14(4)22)13(3)16(11)10-21-17-8-6-5-7-15(17)19(20)23/h5-9,21H,10H2,1-4H3,(H2,20,23). The number of anilines is 1. The van der Waals surface area contributed by atoms with Crippen molar-refractivity contribution in [2.24, 2.45) is 5.73 Å². The summed E-state index contributed by atoms with van der Waals surface area (Å²) in [5.41, 5.74) is 11.5. The Morgan fingerprint density at radius 3 is 2.35 bits per heavy atom. The van der Waals surface area contributed by atoms with Crippen LogP contribution in [0.4, 0.5) is 5.69 Å². The van der Waals surface area contributed by atoms with Gasteiger partial charge in [0, 0.05) is 17.8 Å². The van der Waals surface area contributed by atoms with Gasteiger partial charge in [-0.15, -0.1) is 0 Å². The molecule has 1 amide bonds. The van der Waals surface area contributed by atoms with E-state index in [2.05, 4.69) is 5.32 Å². The number of ketones is 1. The Morgan fingerprint density at radius 1 is 1.09 bits per heavy atom. The average molecular weight is 310 g/mol. The minimum absolute atomic E-state index is 0.0683. The van der Waals surface area contributed by atoms with Crippen LogP contribution in [-0.2, 0) is 6.54 Å². The van der Waals surface area contributed by atoms with Crippen LogP contribution in [0.2, 0.25) is 0 Å². The summed E-state index contributed by atoms with van der Waals surface area (Å²) in [6.07, 6.45) is 0. The molecule has 0 aliphatic rings. The number of primary amides is 1. The van der Waals surface area contributed by atoms with E-state index in [4.69, 9.17) is 5.73 Å². The van der Waals surface area contributed by atoms with Gasteiger partial charge in [-0.3, -0.25) is 9.59 Å². The van der Waals surface area contributed by atoms with Crippen molar-refractivity contribution in [2.45, 2.75) is 34.2 Å². The number of benzene rings is 2. The van der Waals surface area contributed by atoms with E-state index < -0.39 is 5.91 Å². The summed E-state index contributed by atoms with van der Waals surface area (Å²) in [4.78, 5) is 23.4. The molecule has 4 heteroatoms. The number of amides is 1. The number of nitrogens with two attached hydrogens (primary N) is 1. The van der Waals surface area contributed by atoms with Crippen molar-refractivity contribution in [3.05, 3.63) is 63.7 Å².